The van der Waals surface area contributed by atoms with Gasteiger partial charge in [-0.05, 0) is 37.5 Å². The number of nitrogens with zero attached hydrogens (tertiary/aromatic N) is 5. The molecule has 114 valence electrons. The minimum Gasteiger partial charge on any atom is -0.356 e. The molecular weight excluding hydrogens is 290 g/mol. The van der Waals surface area contributed by atoms with E-state index in [2.05, 4.69) is 4.98 Å². The lowest BCUT2D eigenvalue weighted by atomic mass is 10.1. The van der Waals surface area contributed by atoms with Crippen LogP contribution in [0.4, 0.5) is 5.82 Å². The fraction of sp³-hybridized carbons (Fsp3) is 0.294. The molecule has 0 atom stereocenters. The average Bonchev–Trinajstić information content (AvgIpc) is 3.09. The van der Waals surface area contributed by atoms with Crippen LogP contribution in [0.1, 0.15) is 24.0 Å². The maximum absolute atomic E-state index is 12.9. The Balaban J connectivity index is 2.36. The van der Waals surface area contributed by atoms with Crippen molar-refractivity contribution in [1.82, 2.24) is 9.38 Å². The van der Waals surface area contributed by atoms with Crippen LogP contribution < -0.4 is 10.5 Å². The summed E-state index contributed by atoms with van der Waals surface area (Å²) in [4.78, 5) is 19.6. The highest BCUT2D eigenvalue weighted by atomic mass is 16.1. The van der Waals surface area contributed by atoms with Gasteiger partial charge in [0.1, 0.15) is 29.2 Å². The van der Waals surface area contributed by atoms with E-state index in [4.69, 9.17) is 10.5 Å². The quantitative estimate of drug-likeness (QED) is 0.792. The van der Waals surface area contributed by atoms with Crippen LogP contribution in [0.5, 0.6) is 0 Å². The number of anilines is 1. The van der Waals surface area contributed by atoms with Gasteiger partial charge in [-0.3, -0.25) is 9.20 Å². The predicted octanol–water partition coefficient (Wildman–Crippen LogP) is 2.03. The van der Waals surface area contributed by atoms with Crippen LogP contribution in [0.25, 0.3) is 11.7 Å². The second kappa shape index (κ2) is 5.94. The summed E-state index contributed by atoms with van der Waals surface area (Å²) in [7, 11) is 0. The predicted molar refractivity (Wildman–Crippen MR) is 86.8 cm³/mol. The van der Waals surface area contributed by atoms with Crippen LogP contribution in [0.2, 0.25) is 0 Å². The molecule has 0 aliphatic carbocycles. The first-order chi connectivity index (χ1) is 11.2. The highest BCUT2D eigenvalue weighted by Crippen LogP contribution is 2.23. The van der Waals surface area contributed by atoms with Gasteiger partial charge in [0, 0.05) is 19.3 Å². The smallest absolute Gasteiger partial charge is 0.267 e. The van der Waals surface area contributed by atoms with Crippen molar-refractivity contribution in [1.29, 1.82) is 10.5 Å². The van der Waals surface area contributed by atoms with E-state index in [0.717, 1.165) is 31.5 Å². The Kier molecular flexibility index (Phi) is 3.82. The average molecular weight is 305 g/mol. The van der Waals surface area contributed by atoms with E-state index in [-0.39, 0.29) is 11.1 Å². The zero-order valence-corrected chi connectivity index (χ0v) is 12.8. The van der Waals surface area contributed by atoms with Crippen LogP contribution in [-0.2, 0) is 0 Å². The van der Waals surface area contributed by atoms with E-state index in [9.17, 15) is 4.79 Å². The van der Waals surface area contributed by atoms with Gasteiger partial charge < -0.3 is 4.90 Å². The highest BCUT2D eigenvalue weighted by Gasteiger charge is 2.21. The molecule has 0 N–H and O–H groups in total. The molecular formula is C17H15N5O. The van der Waals surface area contributed by atoms with Crippen LogP contribution in [0, 0.1) is 29.6 Å². The largest absolute Gasteiger partial charge is 0.356 e. The molecule has 6 heteroatoms. The van der Waals surface area contributed by atoms with E-state index in [1.165, 1.54) is 10.5 Å². The Hall–Kier alpha value is -3.12. The van der Waals surface area contributed by atoms with Crippen molar-refractivity contribution in [3.63, 3.8) is 0 Å². The summed E-state index contributed by atoms with van der Waals surface area (Å²) in [6.07, 6.45) is 5.08. The van der Waals surface area contributed by atoms with Crippen LogP contribution in [0.15, 0.2) is 28.7 Å². The Morgan fingerprint density at radius 3 is 2.65 bits per heavy atom. The molecule has 1 fully saturated rings. The maximum atomic E-state index is 12.9. The van der Waals surface area contributed by atoms with Crippen molar-refractivity contribution < 1.29 is 0 Å². The lowest BCUT2D eigenvalue weighted by Crippen LogP contribution is -2.27. The van der Waals surface area contributed by atoms with E-state index >= 15 is 0 Å². The molecule has 0 radical (unpaired) electrons. The molecule has 1 saturated heterocycles. The van der Waals surface area contributed by atoms with Gasteiger partial charge in [0.05, 0.1) is 5.56 Å². The second-order valence-corrected chi connectivity index (χ2v) is 5.51. The second-order valence-electron chi connectivity index (χ2n) is 5.51. The fourth-order valence-corrected chi connectivity index (χ4v) is 2.83. The van der Waals surface area contributed by atoms with E-state index in [0.29, 0.717) is 17.0 Å². The first kappa shape index (κ1) is 14.8. The molecule has 2 aromatic heterocycles. The highest BCUT2D eigenvalue weighted by molar-refractivity contribution is 5.72. The maximum Gasteiger partial charge on any atom is 0.267 e. The van der Waals surface area contributed by atoms with Gasteiger partial charge in [-0.15, -0.1) is 0 Å². The van der Waals surface area contributed by atoms with Crippen molar-refractivity contribution in [2.45, 2.75) is 19.8 Å². The molecule has 3 heterocycles. The molecule has 23 heavy (non-hydrogen) atoms. The molecule has 1 aliphatic rings. The van der Waals surface area contributed by atoms with Gasteiger partial charge in [-0.1, -0.05) is 6.07 Å². The zero-order valence-electron chi connectivity index (χ0n) is 12.8. The molecule has 0 spiro atoms. The molecule has 0 saturated carbocycles. The summed E-state index contributed by atoms with van der Waals surface area (Å²) in [6.45, 7) is 3.55. The molecule has 3 rings (SSSR count). The summed E-state index contributed by atoms with van der Waals surface area (Å²) < 4.78 is 1.47. The molecule has 2 aromatic rings. The summed E-state index contributed by atoms with van der Waals surface area (Å²) in [5.41, 5.74) is 1.45. The minimum absolute atomic E-state index is 0.100. The van der Waals surface area contributed by atoms with Crippen LogP contribution in [0.3, 0.4) is 0 Å². The number of aromatic nitrogens is 2. The first-order valence-corrected chi connectivity index (χ1v) is 7.44. The normalized spacial score (nSPS) is 13.6. The monoisotopic (exact) mass is 305 g/mol. The Labute approximate surface area is 133 Å². The summed E-state index contributed by atoms with van der Waals surface area (Å²) in [5.74, 6) is 0.560. The summed E-state index contributed by atoms with van der Waals surface area (Å²) >= 11 is 0. The lowest BCUT2D eigenvalue weighted by molar-refractivity contribution is 0.912. The van der Waals surface area contributed by atoms with E-state index < -0.39 is 0 Å². The van der Waals surface area contributed by atoms with Crippen molar-refractivity contribution in [2.75, 3.05) is 18.0 Å². The standard InChI is InChI=1S/C17H15N5O/c1-12-5-4-8-22-15(12)20-16(21-6-2-3-7-21)14(17(22)23)9-13(10-18)11-19/h4-5,8-9H,2-3,6-7H2,1H3. The van der Waals surface area contributed by atoms with Gasteiger partial charge in [-0.25, -0.2) is 4.98 Å². The molecule has 1 aliphatic heterocycles. The van der Waals surface area contributed by atoms with Gasteiger partial charge in [0.25, 0.3) is 5.56 Å². The molecule has 0 unspecified atom stereocenters. The Morgan fingerprint density at radius 2 is 2.00 bits per heavy atom. The molecule has 0 bridgehead atoms. The number of aryl methyl sites for hydroxylation is 1. The Morgan fingerprint density at radius 1 is 1.30 bits per heavy atom. The Bertz CT molecular complexity index is 920. The van der Waals surface area contributed by atoms with Gasteiger partial charge in [0.15, 0.2) is 0 Å². The van der Waals surface area contributed by atoms with Gasteiger partial charge in [0.2, 0.25) is 0 Å². The topological polar surface area (TPSA) is 85.2 Å². The van der Waals surface area contributed by atoms with Crippen molar-refractivity contribution in [3.05, 3.63) is 45.4 Å². The van der Waals surface area contributed by atoms with Crippen LogP contribution >= 0.6 is 0 Å². The number of hydrogen-bond donors (Lipinski definition) is 0. The van der Waals surface area contributed by atoms with Crippen molar-refractivity contribution in [3.8, 4) is 12.1 Å². The lowest BCUT2D eigenvalue weighted by Gasteiger charge is -2.19. The SMILES string of the molecule is Cc1cccn2c(=O)c(C=C(C#N)C#N)c(N3CCCC3)nc12. The third kappa shape index (κ3) is 2.56. The van der Waals surface area contributed by atoms with Gasteiger partial charge in [-0.2, -0.15) is 10.5 Å². The fourth-order valence-electron chi connectivity index (χ4n) is 2.83. The third-order valence-corrected chi connectivity index (χ3v) is 4.00. The number of hydrogen-bond acceptors (Lipinski definition) is 5. The van der Waals surface area contributed by atoms with Crippen molar-refractivity contribution >= 4 is 17.5 Å². The number of pyridine rings is 1. The number of nitriles is 2. The summed E-state index contributed by atoms with van der Waals surface area (Å²) in [5, 5.41) is 18.0. The molecule has 0 amide bonds. The molecule has 6 nitrogen and oxygen atoms in total. The van der Waals surface area contributed by atoms with Crippen LogP contribution in [-0.4, -0.2) is 22.5 Å². The minimum atomic E-state index is -0.261. The third-order valence-electron chi connectivity index (χ3n) is 4.00. The number of fused-ring (bicyclic) bond motifs is 1. The summed E-state index contributed by atoms with van der Waals surface area (Å²) in [6, 6.07) is 7.31. The number of rotatable bonds is 2. The van der Waals surface area contributed by atoms with E-state index in [1.807, 2.05) is 30.0 Å². The van der Waals surface area contributed by atoms with Gasteiger partial charge >= 0.3 is 0 Å². The van der Waals surface area contributed by atoms with Crippen molar-refractivity contribution in [2.24, 2.45) is 0 Å². The van der Waals surface area contributed by atoms with E-state index in [1.54, 1.807) is 12.3 Å². The first-order valence-electron chi connectivity index (χ1n) is 7.44. The molecule has 0 aromatic carbocycles. The zero-order chi connectivity index (χ0) is 16.4. The number of allylic oxidation sites excluding steroid dienone is 1.